The van der Waals surface area contributed by atoms with Crippen LogP contribution in [0, 0.1) is 13.8 Å². The molecule has 3 heteroatoms. The second-order valence-electron chi connectivity index (χ2n) is 4.62. The molecule has 0 saturated heterocycles. The Morgan fingerprint density at radius 1 is 1.11 bits per heavy atom. The standard InChI is InChI=1S/C15H16N3/c1-11-8-9-16-12(2)15(11)18-10-13-6-4-5-7-14(13)17(18)3/h4-10H,1-3H3/q+1. The molecule has 0 atom stereocenters. The Kier molecular flexibility index (Phi) is 2.40. The Morgan fingerprint density at radius 3 is 2.61 bits per heavy atom. The van der Waals surface area contributed by atoms with E-state index in [9.17, 15) is 0 Å². The monoisotopic (exact) mass is 238 g/mol. The normalized spacial score (nSPS) is 11.1. The maximum absolute atomic E-state index is 4.39. The summed E-state index contributed by atoms with van der Waals surface area (Å²) in [7, 11) is 2.08. The van der Waals surface area contributed by atoms with Gasteiger partial charge in [0.05, 0.1) is 12.4 Å². The number of hydrogen-bond acceptors (Lipinski definition) is 1. The molecule has 3 rings (SSSR count). The summed E-state index contributed by atoms with van der Waals surface area (Å²) in [6.07, 6.45) is 4.02. The van der Waals surface area contributed by atoms with Gasteiger partial charge in [0.1, 0.15) is 11.2 Å². The van der Waals surface area contributed by atoms with E-state index in [0.717, 1.165) is 11.4 Å². The molecule has 3 nitrogen and oxygen atoms in total. The minimum atomic E-state index is 1.05. The molecule has 0 spiro atoms. The van der Waals surface area contributed by atoms with Crippen LogP contribution in [-0.4, -0.2) is 9.67 Å². The molecule has 0 aliphatic heterocycles. The number of benzene rings is 1. The zero-order valence-corrected chi connectivity index (χ0v) is 10.9. The van der Waals surface area contributed by atoms with E-state index >= 15 is 0 Å². The Bertz CT molecular complexity index is 705. The number of rotatable bonds is 1. The molecule has 3 aromatic rings. The fourth-order valence-corrected chi connectivity index (χ4v) is 2.47. The first-order chi connectivity index (χ1) is 8.68. The fourth-order valence-electron chi connectivity index (χ4n) is 2.47. The largest absolute Gasteiger partial charge is 0.259 e. The Labute approximate surface area is 106 Å². The van der Waals surface area contributed by atoms with Crippen LogP contribution in [0.4, 0.5) is 0 Å². The predicted octanol–water partition coefficient (Wildman–Crippen LogP) is 2.47. The van der Waals surface area contributed by atoms with Gasteiger partial charge >= 0.3 is 0 Å². The summed E-state index contributed by atoms with van der Waals surface area (Å²) in [4.78, 5) is 4.39. The first kappa shape index (κ1) is 11.0. The van der Waals surface area contributed by atoms with Gasteiger partial charge in [-0.05, 0) is 32.0 Å². The van der Waals surface area contributed by atoms with Crippen molar-refractivity contribution < 1.29 is 4.68 Å². The van der Waals surface area contributed by atoms with Crippen molar-refractivity contribution in [2.45, 2.75) is 13.8 Å². The highest BCUT2D eigenvalue weighted by Crippen LogP contribution is 2.15. The highest BCUT2D eigenvalue weighted by atomic mass is 15.4. The van der Waals surface area contributed by atoms with Crippen LogP contribution in [0.1, 0.15) is 11.3 Å². The van der Waals surface area contributed by atoms with E-state index in [0.29, 0.717) is 0 Å². The van der Waals surface area contributed by atoms with Gasteiger partial charge in [0.25, 0.3) is 5.69 Å². The third kappa shape index (κ3) is 1.51. The van der Waals surface area contributed by atoms with Gasteiger partial charge in [-0.15, -0.1) is 0 Å². The first-order valence-electron chi connectivity index (χ1n) is 6.07. The quantitative estimate of drug-likeness (QED) is 0.597. The predicted molar refractivity (Wildman–Crippen MR) is 71.7 cm³/mol. The van der Waals surface area contributed by atoms with Gasteiger partial charge in [0.15, 0.2) is 0 Å². The Morgan fingerprint density at radius 2 is 1.89 bits per heavy atom. The van der Waals surface area contributed by atoms with Crippen LogP contribution >= 0.6 is 0 Å². The molecule has 0 aliphatic carbocycles. The molecule has 2 heterocycles. The number of hydrogen-bond donors (Lipinski definition) is 0. The topological polar surface area (TPSA) is 21.7 Å². The lowest BCUT2D eigenvalue weighted by molar-refractivity contribution is -0.680. The number of nitrogens with zero attached hydrogens (tertiary/aromatic N) is 3. The summed E-state index contributed by atoms with van der Waals surface area (Å²) in [5.74, 6) is 0. The zero-order valence-electron chi connectivity index (χ0n) is 10.9. The van der Waals surface area contributed by atoms with Crippen molar-refractivity contribution in [3.8, 4) is 5.69 Å². The van der Waals surface area contributed by atoms with E-state index in [2.05, 4.69) is 58.8 Å². The van der Waals surface area contributed by atoms with Gasteiger partial charge in [-0.3, -0.25) is 4.98 Å². The minimum absolute atomic E-state index is 1.05. The molecule has 0 saturated carbocycles. The van der Waals surface area contributed by atoms with E-state index in [1.165, 1.54) is 16.5 Å². The van der Waals surface area contributed by atoms with Gasteiger partial charge in [-0.25, -0.2) is 0 Å². The number of aromatic nitrogens is 3. The number of fused-ring (bicyclic) bond motifs is 1. The van der Waals surface area contributed by atoms with Crippen molar-refractivity contribution in [1.29, 1.82) is 0 Å². The van der Waals surface area contributed by atoms with E-state index in [-0.39, 0.29) is 0 Å². The lowest BCUT2D eigenvalue weighted by Crippen LogP contribution is -2.40. The van der Waals surface area contributed by atoms with E-state index < -0.39 is 0 Å². The van der Waals surface area contributed by atoms with Crippen LogP contribution in [-0.2, 0) is 7.05 Å². The van der Waals surface area contributed by atoms with Crippen LogP contribution in [0.25, 0.3) is 16.6 Å². The SMILES string of the molecule is Cc1ccnc(C)c1-[n+]1cc2ccccc2n1C. The van der Waals surface area contributed by atoms with Crippen LogP contribution in [0.2, 0.25) is 0 Å². The van der Waals surface area contributed by atoms with Crippen LogP contribution in [0.5, 0.6) is 0 Å². The Hall–Kier alpha value is -2.16. The lowest BCUT2D eigenvalue weighted by Gasteiger charge is -2.02. The van der Waals surface area contributed by atoms with Crippen molar-refractivity contribution in [1.82, 2.24) is 9.67 Å². The molecular formula is C15H16N3+. The van der Waals surface area contributed by atoms with E-state index in [4.69, 9.17) is 0 Å². The maximum Gasteiger partial charge on any atom is 0.259 e. The minimum Gasteiger partial charge on any atom is -0.255 e. The average molecular weight is 238 g/mol. The highest BCUT2D eigenvalue weighted by molar-refractivity contribution is 5.77. The molecule has 0 N–H and O–H groups in total. The average Bonchev–Trinajstić information content (AvgIpc) is 2.68. The van der Waals surface area contributed by atoms with Crippen molar-refractivity contribution in [2.75, 3.05) is 0 Å². The van der Waals surface area contributed by atoms with Crippen LogP contribution < -0.4 is 4.68 Å². The summed E-state index contributed by atoms with van der Waals surface area (Å²) >= 11 is 0. The zero-order chi connectivity index (χ0) is 12.7. The van der Waals surface area contributed by atoms with Gasteiger partial charge in [-0.2, -0.15) is 4.68 Å². The molecule has 0 unspecified atom stereocenters. The van der Waals surface area contributed by atoms with Gasteiger partial charge in [0.2, 0.25) is 6.20 Å². The second-order valence-corrected chi connectivity index (χ2v) is 4.62. The van der Waals surface area contributed by atoms with Gasteiger partial charge in [0, 0.05) is 11.8 Å². The molecule has 1 aromatic carbocycles. The molecule has 0 bridgehead atoms. The van der Waals surface area contributed by atoms with Crippen molar-refractivity contribution in [3.05, 3.63) is 54.0 Å². The van der Waals surface area contributed by atoms with Gasteiger partial charge < -0.3 is 0 Å². The summed E-state index contributed by atoms with van der Waals surface area (Å²) < 4.78 is 4.33. The third-order valence-corrected chi connectivity index (χ3v) is 3.41. The summed E-state index contributed by atoms with van der Waals surface area (Å²) in [5.41, 5.74) is 4.67. The lowest BCUT2D eigenvalue weighted by atomic mass is 10.2. The molecule has 90 valence electrons. The van der Waals surface area contributed by atoms with Crippen molar-refractivity contribution in [2.24, 2.45) is 7.05 Å². The van der Waals surface area contributed by atoms with E-state index in [1.54, 1.807) is 0 Å². The molecule has 0 radical (unpaired) electrons. The molecular weight excluding hydrogens is 222 g/mol. The number of para-hydroxylation sites is 1. The smallest absolute Gasteiger partial charge is 0.255 e. The third-order valence-electron chi connectivity index (χ3n) is 3.41. The summed E-state index contributed by atoms with van der Waals surface area (Å²) in [6.45, 7) is 4.17. The van der Waals surface area contributed by atoms with Crippen LogP contribution in [0.15, 0.2) is 42.7 Å². The second kappa shape index (κ2) is 3.95. The molecule has 2 aromatic heterocycles. The van der Waals surface area contributed by atoms with Crippen molar-refractivity contribution in [3.63, 3.8) is 0 Å². The molecule has 0 aliphatic rings. The maximum atomic E-state index is 4.39. The molecule has 18 heavy (non-hydrogen) atoms. The first-order valence-corrected chi connectivity index (χ1v) is 6.07. The summed E-state index contributed by atoms with van der Waals surface area (Å²) in [5, 5.41) is 1.24. The highest BCUT2D eigenvalue weighted by Gasteiger charge is 2.20. The van der Waals surface area contributed by atoms with Crippen molar-refractivity contribution >= 4 is 10.9 Å². The Balaban J connectivity index is 2.36. The number of pyridine rings is 1. The molecule has 0 fully saturated rings. The summed E-state index contributed by atoms with van der Waals surface area (Å²) in [6, 6.07) is 10.4. The van der Waals surface area contributed by atoms with E-state index in [1.807, 2.05) is 19.2 Å². The van der Waals surface area contributed by atoms with Crippen LogP contribution in [0.3, 0.4) is 0 Å². The fraction of sp³-hybridized carbons (Fsp3) is 0.200. The van der Waals surface area contributed by atoms with Gasteiger partial charge in [-0.1, -0.05) is 16.8 Å². The number of aryl methyl sites for hydroxylation is 3. The molecule has 0 amide bonds.